The van der Waals surface area contributed by atoms with Gasteiger partial charge in [-0.15, -0.1) is 33.5 Å². The van der Waals surface area contributed by atoms with Crippen molar-refractivity contribution >= 4 is 123 Å². The molecule has 0 saturated carbocycles. The molecule has 6 rings (SSSR count). The molecule has 0 fully saturated rings. The van der Waals surface area contributed by atoms with Crippen molar-refractivity contribution < 1.29 is 79.5 Å². The number of aromatic hydroxyl groups is 1. The number of non-ortho nitro benzene ring substituents is 1. The monoisotopic (exact) mass is 994 g/mol. The molecule has 0 atom stereocenters. The van der Waals surface area contributed by atoms with Crippen LogP contribution in [0.5, 0.6) is 5.75 Å². The van der Waals surface area contributed by atoms with Crippen LogP contribution in [0.3, 0.4) is 0 Å². The number of nitrogens with zero attached hydrogens (tertiary/aromatic N) is 7. The summed E-state index contributed by atoms with van der Waals surface area (Å²) < 4.78 is 78.6. The SMILES string of the molecule is Nc1c(N=Nc2ccc([N+](=O)[O-])cc2)c(S(=O)(=O)O)cc2cc(SOOO)c(N=Nc3ccc(N=Nc4ccc(S(=O)(=O)CCOSOOO)cc4)c4ccc(SOOO)cc34)c(O)c12. The van der Waals surface area contributed by atoms with Gasteiger partial charge in [0.2, 0.25) is 0 Å². The Morgan fingerprint density at radius 2 is 1.29 bits per heavy atom. The molecular weight excluding hydrogens is 969 g/mol. The summed E-state index contributed by atoms with van der Waals surface area (Å²) in [6, 6.07) is 20.0. The van der Waals surface area contributed by atoms with Crippen LogP contribution < -0.4 is 5.73 Å². The van der Waals surface area contributed by atoms with Gasteiger partial charge in [-0.1, -0.05) is 21.2 Å². The minimum absolute atomic E-state index is 0.0316. The van der Waals surface area contributed by atoms with E-state index in [4.69, 9.17) is 25.7 Å². The number of phenolic OH excluding ortho intramolecular Hbond substituents is 1. The molecular formula is C34H26N8O18S5. The highest BCUT2D eigenvalue weighted by atomic mass is 32.2. The first-order valence-electron chi connectivity index (χ1n) is 17.2. The van der Waals surface area contributed by atoms with E-state index in [9.17, 15) is 36.6 Å². The summed E-state index contributed by atoms with van der Waals surface area (Å²) in [5.41, 5.74) is 5.33. The number of hydrogen-bond acceptors (Lipinski definition) is 27. The third-order valence-electron chi connectivity index (χ3n) is 8.44. The average Bonchev–Trinajstić information content (AvgIpc) is 3.28. The Hall–Kier alpha value is -5.85. The van der Waals surface area contributed by atoms with Gasteiger partial charge in [0.25, 0.3) is 15.8 Å². The number of rotatable bonds is 21. The molecule has 0 heterocycles. The van der Waals surface area contributed by atoms with E-state index in [1.54, 1.807) is 18.2 Å². The van der Waals surface area contributed by atoms with Gasteiger partial charge in [-0.3, -0.25) is 18.9 Å². The molecule has 0 bridgehead atoms. The second-order valence-corrected chi connectivity index (χ2v) is 17.8. The Balaban J connectivity index is 1.40. The molecule has 65 heavy (non-hydrogen) atoms. The van der Waals surface area contributed by atoms with Gasteiger partial charge in [-0.2, -0.15) is 18.6 Å². The number of fused-ring (bicyclic) bond motifs is 2. The molecule has 0 radical (unpaired) electrons. The Morgan fingerprint density at radius 3 is 1.94 bits per heavy atom. The third kappa shape index (κ3) is 12.1. The molecule has 26 nitrogen and oxygen atoms in total. The molecule has 6 aromatic rings. The van der Waals surface area contributed by atoms with E-state index in [1.165, 1.54) is 54.6 Å². The summed E-state index contributed by atoms with van der Waals surface area (Å²) >= 11 is 1.16. The standard InChI is InChI=1S/C34H26N8O18S5/c35-31-30-18(16-29(65(51,52)53)33(31)41-37-19-1-5-21(6-2-19)42(44)45)15-28(62-59-56-47)32(34(30)43)40-39-27-12-11-26(24-10-7-22(17-25(24)27)61-58-55-46)38-36-20-3-8-23(9-4-20)64(49,50)14-13-54-63-60-57-48/h1-12,15-17,43,46-48H,13-14,35H2,(H,51,52,53). The number of nitro benzene ring substituents is 1. The maximum absolute atomic E-state index is 12.7. The summed E-state index contributed by atoms with van der Waals surface area (Å²) in [6.45, 7) is -0.283. The lowest BCUT2D eigenvalue weighted by Crippen LogP contribution is -2.10. The molecule has 0 unspecified atom stereocenters. The topological polar surface area (TPSA) is 377 Å². The van der Waals surface area contributed by atoms with Gasteiger partial charge < -0.3 is 10.8 Å². The average molecular weight is 995 g/mol. The van der Waals surface area contributed by atoms with E-state index in [0.717, 1.165) is 18.2 Å². The normalized spacial score (nSPS) is 12.4. The lowest BCUT2D eigenvalue weighted by Gasteiger charge is -2.14. The highest BCUT2D eigenvalue weighted by Gasteiger charge is 2.26. The van der Waals surface area contributed by atoms with Gasteiger partial charge in [-0.25, -0.2) is 24.2 Å². The van der Waals surface area contributed by atoms with Crippen LogP contribution in [0.2, 0.25) is 0 Å². The first-order chi connectivity index (χ1) is 31.1. The second-order valence-electron chi connectivity index (χ2n) is 12.3. The Labute approximate surface area is 376 Å². The molecule has 6 aromatic carbocycles. The van der Waals surface area contributed by atoms with E-state index in [1.807, 2.05) is 0 Å². The Bertz CT molecular complexity index is 3040. The highest BCUT2D eigenvalue weighted by molar-refractivity contribution is 7.95. The molecule has 0 aliphatic rings. The van der Waals surface area contributed by atoms with Crippen LogP contribution in [0.4, 0.5) is 45.5 Å². The fourth-order valence-corrected chi connectivity index (χ4v) is 8.59. The quantitative estimate of drug-likeness (QED) is 0.00570. The molecule has 0 aliphatic heterocycles. The van der Waals surface area contributed by atoms with Crippen LogP contribution in [0, 0.1) is 10.1 Å². The number of anilines is 1. The zero-order valence-corrected chi connectivity index (χ0v) is 35.9. The number of azo groups is 3. The highest BCUT2D eigenvalue weighted by Crippen LogP contribution is 2.50. The first kappa shape index (κ1) is 48.6. The van der Waals surface area contributed by atoms with Gasteiger partial charge in [0.15, 0.2) is 27.9 Å². The lowest BCUT2D eigenvalue weighted by atomic mass is 10.0. The smallest absolute Gasteiger partial charge is 0.296 e. The van der Waals surface area contributed by atoms with Gasteiger partial charge in [0.1, 0.15) is 16.3 Å². The number of nitro groups is 1. The van der Waals surface area contributed by atoms with Crippen molar-refractivity contribution in [1.29, 1.82) is 0 Å². The van der Waals surface area contributed by atoms with E-state index in [0.29, 0.717) is 39.8 Å². The van der Waals surface area contributed by atoms with Gasteiger partial charge in [0, 0.05) is 27.8 Å². The zero-order valence-electron chi connectivity index (χ0n) is 31.9. The number of hydrogen-bond donors (Lipinski definition) is 6. The minimum Gasteiger partial charge on any atom is -0.505 e. The molecule has 340 valence electrons. The summed E-state index contributed by atoms with van der Waals surface area (Å²) in [4.78, 5) is 9.79. The van der Waals surface area contributed by atoms with Crippen LogP contribution in [0.25, 0.3) is 21.5 Å². The fraction of sp³-hybridized carbons (Fsp3) is 0.0588. The van der Waals surface area contributed by atoms with E-state index >= 15 is 0 Å². The molecule has 0 amide bonds. The minimum atomic E-state index is -5.07. The third-order valence-corrected chi connectivity index (χ3v) is 12.6. The largest absolute Gasteiger partial charge is 0.505 e. The van der Waals surface area contributed by atoms with Crippen molar-refractivity contribution in [1.82, 2.24) is 0 Å². The van der Waals surface area contributed by atoms with Gasteiger partial charge in [0.05, 0.1) is 85.0 Å². The molecule has 0 aliphatic carbocycles. The number of phenols is 1. The van der Waals surface area contributed by atoms with Crippen molar-refractivity contribution in [2.45, 2.75) is 19.6 Å². The molecule has 0 spiro atoms. The van der Waals surface area contributed by atoms with Crippen LogP contribution in [0.1, 0.15) is 0 Å². The van der Waals surface area contributed by atoms with E-state index in [-0.39, 0.29) is 73.6 Å². The van der Waals surface area contributed by atoms with Crippen molar-refractivity contribution in [3.63, 3.8) is 0 Å². The summed E-state index contributed by atoms with van der Waals surface area (Å²) in [5, 5.41) is 84.6. The predicted molar refractivity (Wildman–Crippen MR) is 228 cm³/mol. The van der Waals surface area contributed by atoms with Crippen molar-refractivity contribution in [3.8, 4) is 5.75 Å². The first-order valence-corrected chi connectivity index (χ1v) is 22.4. The fourth-order valence-electron chi connectivity index (χ4n) is 5.61. The van der Waals surface area contributed by atoms with Crippen molar-refractivity contribution in [2.24, 2.45) is 30.7 Å². The number of benzene rings is 6. The molecule has 0 saturated heterocycles. The summed E-state index contributed by atoms with van der Waals surface area (Å²) in [7, 11) is -8.85. The lowest BCUT2D eigenvalue weighted by molar-refractivity contribution is -0.434. The van der Waals surface area contributed by atoms with Crippen molar-refractivity contribution in [2.75, 3.05) is 18.1 Å². The number of nitrogen functional groups attached to an aromatic ring is 1. The molecule has 0 aromatic heterocycles. The van der Waals surface area contributed by atoms with Crippen molar-refractivity contribution in [3.05, 3.63) is 101 Å². The van der Waals surface area contributed by atoms with E-state index < -0.39 is 52.7 Å². The maximum Gasteiger partial charge on any atom is 0.296 e. The summed E-state index contributed by atoms with van der Waals surface area (Å²) in [6.07, 6.45) is 0. The molecule has 31 heteroatoms. The van der Waals surface area contributed by atoms with Crippen LogP contribution in [0.15, 0.2) is 141 Å². The van der Waals surface area contributed by atoms with Gasteiger partial charge >= 0.3 is 0 Å². The second kappa shape index (κ2) is 21.9. The predicted octanol–water partition coefficient (Wildman–Crippen LogP) is 10.3. The van der Waals surface area contributed by atoms with Gasteiger partial charge in [-0.05, 0) is 78.2 Å². The van der Waals surface area contributed by atoms with Crippen LogP contribution in [-0.2, 0) is 52.3 Å². The van der Waals surface area contributed by atoms with Crippen LogP contribution in [-0.4, -0.2) is 59.5 Å². The Kier molecular flexibility index (Phi) is 16.4. The maximum atomic E-state index is 12.7. The zero-order chi connectivity index (χ0) is 46.7. The van der Waals surface area contributed by atoms with Crippen LogP contribution >= 0.6 is 36.4 Å². The number of sulfone groups is 1. The summed E-state index contributed by atoms with van der Waals surface area (Å²) in [5.74, 6) is -1.14. The van der Waals surface area contributed by atoms with E-state index in [2.05, 4.69) is 58.8 Å². The number of nitrogens with two attached hydrogens (primary N) is 1. The Morgan fingerprint density at radius 1 is 0.692 bits per heavy atom. The molecule has 7 N–H and O–H groups in total.